The van der Waals surface area contributed by atoms with Gasteiger partial charge in [0.05, 0.1) is 23.7 Å². The first-order valence-corrected chi connectivity index (χ1v) is 13.2. The summed E-state index contributed by atoms with van der Waals surface area (Å²) in [7, 11) is -2.45. The first-order chi connectivity index (χ1) is 16.3. The molecule has 2 aromatic heterocycles. The lowest BCUT2D eigenvalue weighted by atomic mass is 9.83. The van der Waals surface area contributed by atoms with Gasteiger partial charge in [-0.1, -0.05) is 6.07 Å². The van der Waals surface area contributed by atoms with E-state index in [0.29, 0.717) is 23.3 Å². The van der Waals surface area contributed by atoms with E-state index in [4.69, 9.17) is 17.0 Å². The molecule has 0 radical (unpaired) electrons. The molecule has 13 heteroatoms. The summed E-state index contributed by atoms with van der Waals surface area (Å²) in [5, 5.41) is 3.79. The fourth-order valence-corrected chi connectivity index (χ4v) is 6.35. The molecule has 5 rings (SSSR count). The highest BCUT2D eigenvalue weighted by molar-refractivity contribution is 7.92. The SMILES string of the molecule is COc1nsnc1NS(=O)(=O)c1ccc(NC(=S)N2C[C@H]3C[C@H](C2)c2cccc(=O)n2C3)cc1. The van der Waals surface area contributed by atoms with Crippen LogP contribution in [0, 0.1) is 5.92 Å². The highest BCUT2D eigenvalue weighted by atomic mass is 32.2. The van der Waals surface area contributed by atoms with Gasteiger partial charge < -0.3 is 19.5 Å². The van der Waals surface area contributed by atoms with Gasteiger partial charge in [-0.2, -0.15) is 4.37 Å². The molecule has 0 aliphatic carbocycles. The smallest absolute Gasteiger partial charge is 0.271 e. The van der Waals surface area contributed by atoms with Crippen LogP contribution in [0.2, 0.25) is 0 Å². The van der Waals surface area contributed by atoms with Gasteiger partial charge in [0.15, 0.2) is 5.11 Å². The Kier molecular flexibility index (Phi) is 6.00. The third-order valence-corrected chi connectivity index (χ3v) is 8.29. The molecule has 0 saturated carbocycles. The Balaban J connectivity index is 1.26. The summed E-state index contributed by atoms with van der Waals surface area (Å²) in [5.74, 6) is 0.769. The van der Waals surface area contributed by atoms with E-state index in [1.165, 1.54) is 19.2 Å². The number of benzene rings is 1. The van der Waals surface area contributed by atoms with Crippen LogP contribution >= 0.6 is 23.9 Å². The van der Waals surface area contributed by atoms with E-state index in [2.05, 4.69) is 23.7 Å². The minimum Gasteiger partial charge on any atom is -0.478 e. The number of anilines is 2. The number of nitrogens with one attached hydrogen (secondary N) is 2. The summed E-state index contributed by atoms with van der Waals surface area (Å²) in [6.45, 7) is 2.19. The predicted molar refractivity (Wildman–Crippen MR) is 133 cm³/mol. The highest BCUT2D eigenvalue weighted by Crippen LogP contribution is 2.35. The van der Waals surface area contributed by atoms with Crippen LogP contribution in [0.15, 0.2) is 52.2 Å². The molecule has 2 atom stereocenters. The zero-order chi connectivity index (χ0) is 23.9. The molecule has 2 bridgehead atoms. The number of hydrogen-bond donors (Lipinski definition) is 2. The molecule has 10 nitrogen and oxygen atoms in total. The maximum absolute atomic E-state index is 12.7. The Morgan fingerprint density at radius 3 is 2.71 bits per heavy atom. The van der Waals surface area contributed by atoms with Crippen molar-refractivity contribution in [3.05, 3.63) is 58.5 Å². The lowest BCUT2D eigenvalue weighted by molar-refractivity contribution is 0.180. The Hall–Kier alpha value is -3.03. The Bertz CT molecular complexity index is 1390. The third kappa shape index (κ3) is 4.38. The van der Waals surface area contributed by atoms with Crippen LogP contribution in [-0.2, 0) is 16.6 Å². The van der Waals surface area contributed by atoms with Gasteiger partial charge in [-0.3, -0.25) is 9.52 Å². The second-order valence-corrected chi connectivity index (χ2v) is 10.9. The van der Waals surface area contributed by atoms with Crippen molar-refractivity contribution in [3.63, 3.8) is 0 Å². The van der Waals surface area contributed by atoms with E-state index in [0.717, 1.165) is 36.9 Å². The average molecular weight is 519 g/mol. The molecule has 2 aliphatic rings. The van der Waals surface area contributed by atoms with Crippen LogP contribution < -0.4 is 20.3 Å². The average Bonchev–Trinajstić information content (AvgIpc) is 3.26. The standard InChI is InChI=1S/C21H22N6O4S3/c1-31-20-19(23-33-24-20)25-34(29,30)16-7-5-15(6-8-16)22-21(32)26-10-13-9-14(12-26)17-3-2-4-18(28)27(17)11-13/h2-8,13-14H,9-12H2,1H3,(H,22,32)(H,23,25)/t13-,14-/m1/s1. The first-order valence-electron chi connectivity index (χ1n) is 10.6. The van der Waals surface area contributed by atoms with Gasteiger partial charge in [0.1, 0.15) is 0 Å². The van der Waals surface area contributed by atoms with E-state index < -0.39 is 10.0 Å². The number of fused-ring (bicyclic) bond motifs is 4. The molecule has 4 heterocycles. The Morgan fingerprint density at radius 2 is 1.94 bits per heavy atom. The normalized spacial score (nSPS) is 19.3. The number of pyridine rings is 1. The van der Waals surface area contributed by atoms with Gasteiger partial charge in [-0.05, 0) is 54.9 Å². The van der Waals surface area contributed by atoms with Gasteiger partial charge in [-0.25, -0.2) is 8.42 Å². The molecule has 0 unspecified atom stereocenters. The predicted octanol–water partition coefficient (Wildman–Crippen LogP) is 2.33. The van der Waals surface area contributed by atoms with Gasteiger partial charge in [0.25, 0.3) is 21.5 Å². The fraction of sp³-hybridized carbons (Fsp3) is 0.333. The lowest BCUT2D eigenvalue weighted by Gasteiger charge is -2.43. The van der Waals surface area contributed by atoms with Gasteiger partial charge in [-0.15, -0.1) is 4.37 Å². The van der Waals surface area contributed by atoms with Gasteiger partial charge >= 0.3 is 0 Å². The summed E-state index contributed by atoms with van der Waals surface area (Å²) < 4.78 is 42.4. The van der Waals surface area contributed by atoms with Crippen molar-refractivity contribution in [2.75, 3.05) is 30.2 Å². The fourth-order valence-electron chi connectivity index (χ4n) is 4.55. The number of ether oxygens (including phenoxy) is 1. The van der Waals surface area contributed by atoms with Crippen molar-refractivity contribution in [3.8, 4) is 5.88 Å². The minimum atomic E-state index is -3.85. The number of rotatable bonds is 5. The number of nitrogens with zero attached hydrogens (tertiary/aromatic N) is 4. The number of likely N-dealkylation sites (tertiary alicyclic amines) is 1. The largest absolute Gasteiger partial charge is 0.478 e. The van der Waals surface area contributed by atoms with E-state index in [-0.39, 0.29) is 28.1 Å². The minimum absolute atomic E-state index is 0.0513. The maximum Gasteiger partial charge on any atom is 0.271 e. The summed E-state index contributed by atoms with van der Waals surface area (Å²) in [6, 6.07) is 11.8. The number of piperidine rings is 1. The molecule has 1 saturated heterocycles. The first kappa shape index (κ1) is 22.7. The molecule has 0 amide bonds. The van der Waals surface area contributed by atoms with Crippen LogP contribution in [0.3, 0.4) is 0 Å². The third-order valence-electron chi connectivity index (χ3n) is 6.07. The van der Waals surface area contributed by atoms with Crippen molar-refractivity contribution in [2.45, 2.75) is 23.8 Å². The van der Waals surface area contributed by atoms with Crippen molar-refractivity contribution >= 4 is 50.6 Å². The lowest BCUT2D eigenvalue weighted by Crippen LogP contribution is -2.50. The molecular weight excluding hydrogens is 496 g/mol. The summed E-state index contributed by atoms with van der Waals surface area (Å²) in [4.78, 5) is 14.4. The Labute approximate surface area is 205 Å². The molecule has 34 heavy (non-hydrogen) atoms. The van der Waals surface area contributed by atoms with Crippen LogP contribution in [0.1, 0.15) is 18.0 Å². The number of hydrogen-bond acceptors (Lipinski definition) is 8. The summed E-state index contributed by atoms with van der Waals surface area (Å²) in [5.41, 5.74) is 1.80. The molecule has 3 aromatic rings. The molecule has 1 aromatic carbocycles. The van der Waals surface area contributed by atoms with E-state index in [1.807, 2.05) is 16.7 Å². The van der Waals surface area contributed by atoms with Crippen LogP contribution in [0.5, 0.6) is 5.88 Å². The molecular formula is C21H22N6O4S3. The van der Waals surface area contributed by atoms with E-state index >= 15 is 0 Å². The molecule has 178 valence electrons. The molecule has 2 aliphatic heterocycles. The van der Waals surface area contributed by atoms with Crippen molar-refractivity contribution in [1.29, 1.82) is 0 Å². The number of sulfonamides is 1. The maximum atomic E-state index is 12.7. The topological polar surface area (TPSA) is 118 Å². The number of thiocarbonyl (C=S) groups is 1. The van der Waals surface area contributed by atoms with Crippen LogP contribution in [0.25, 0.3) is 0 Å². The quantitative estimate of drug-likeness (QED) is 0.491. The van der Waals surface area contributed by atoms with Crippen molar-refractivity contribution < 1.29 is 13.2 Å². The number of methoxy groups -OCH3 is 1. The van der Waals surface area contributed by atoms with Crippen molar-refractivity contribution in [2.24, 2.45) is 5.92 Å². The van der Waals surface area contributed by atoms with Crippen molar-refractivity contribution in [1.82, 2.24) is 18.2 Å². The molecule has 2 N–H and O–H groups in total. The monoisotopic (exact) mass is 518 g/mol. The zero-order valence-electron chi connectivity index (χ0n) is 18.2. The van der Waals surface area contributed by atoms with Gasteiger partial charge in [0.2, 0.25) is 5.82 Å². The molecule has 1 fully saturated rings. The van der Waals surface area contributed by atoms with E-state index in [9.17, 15) is 13.2 Å². The van der Waals surface area contributed by atoms with Crippen LogP contribution in [-0.4, -0.2) is 51.9 Å². The summed E-state index contributed by atoms with van der Waals surface area (Å²) >= 11 is 6.51. The van der Waals surface area contributed by atoms with E-state index in [1.54, 1.807) is 18.2 Å². The second kappa shape index (κ2) is 8.96. The highest BCUT2D eigenvalue weighted by Gasteiger charge is 2.35. The molecule has 0 spiro atoms. The second-order valence-electron chi connectivity index (χ2n) is 8.29. The Morgan fingerprint density at radius 1 is 1.15 bits per heavy atom. The number of aromatic nitrogens is 3. The summed E-state index contributed by atoms with van der Waals surface area (Å²) in [6.07, 6.45) is 1.04. The van der Waals surface area contributed by atoms with Crippen LogP contribution in [0.4, 0.5) is 11.5 Å². The zero-order valence-corrected chi connectivity index (χ0v) is 20.6. The van der Waals surface area contributed by atoms with Gasteiger partial charge in [0, 0.05) is 43.0 Å².